The van der Waals surface area contributed by atoms with E-state index >= 15 is 0 Å². The summed E-state index contributed by atoms with van der Waals surface area (Å²) in [6, 6.07) is 21.8. The second kappa shape index (κ2) is 9.08. The Kier molecular flexibility index (Phi) is 5.89. The average Bonchev–Trinajstić information content (AvgIpc) is 3.21. The fourth-order valence-electron chi connectivity index (χ4n) is 3.29. The Morgan fingerprint density at radius 2 is 1.81 bits per heavy atom. The van der Waals surface area contributed by atoms with Gasteiger partial charge in [0, 0.05) is 18.2 Å². The van der Waals surface area contributed by atoms with Crippen LogP contribution in [-0.4, -0.2) is 27.2 Å². The molecule has 31 heavy (non-hydrogen) atoms. The first-order valence-corrected chi connectivity index (χ1v) is 9.76. The smallest absolute Gasteiger partial charge is 0.269 e. The van der Waals surface area contributed by atoms with E-state index in [0.29, 0.717) is 18.1 Å². The molecule has 0 bridgehead atoms. The van der Waals surface area contributed by atoms with Crippen molar-refractivity contribution in [3.8, 4) is 5.75 Å². The Labute approximate surface area is 178 Å². The average molecular weight is 416 g/mol. The van der Waals surface area contributed by atoms with E-state index < -0.39 is 4.92 Å². The molecule has 0 saturated carbocycles. The predicted octanol–water partition coefficient (Wildman–Crippen LogP) is 4.40. The van der Waals surface area contributed by atoms with Crippen LogP contribution >= 0.6 is 0 Å². The van der Waals surface area contributed by atoms with Gasteiger partial charge in [-0.1, -0.05) is 42.5 Å². The van der Waals surface area contributed by atoms with Crippen molar-refractivity contribution in [3.05, 3.63) is 94.7 Å². The number of nitrogens with one attached hydrogen (secondary N) is 1. The fourth-order valence-corrected chi connectivity index (χ4v) is 3.29. The largest absolute Gasteiger partial charge is 0.493 e. The first-order valence-electron chi connectivity index (χ1n) is 9.76. The predicted molar refractivity (Wildman–Crippen MR) is 117 cm³/mol. The molecule has 0 unspecified atom stereocenters. The lowest BCUT2D eigenvalue weighted by atomic mass is 10.0. The molecule has 8 heteroatoms. The van der Waals surface area contributed by atoms with Crippen molar-refractivity contribution in [1.29, 1.82) is 0 Å². The molecule has 3 aromatic carbocycles. The van der Waals surface area contributed by atoms with Gasteiger partial charge in [0.1, 0.15) is 11.6 Å². The van der Waals surface area contributed by atoms with Crippen molar-refractivity contribution in [3.63, 3.8) is 0 Å². The van der Waals surface area contributed by atoms with Crippen LogP contribution in [0, 0.1) is 10.1 Å². The summed E-state index contributed by atoms with van der Waals surface area (Å²) in [4.78, 5) is 22.5. The summed E-state index contributed by atoms with van der Waals surface area (Å²) in [6.45, 7) is 0.685. The zero-order valence-electron chi connectivity index (χ0n) is 16.6. The zero-order valence-corrected chi connectivity index (χ0v) is 16.6. The first-order chi connectivity index (χ1) is 15.1. The Morgan fingerprint density at radius 1 is 1.03 bits per heavy atom. The van der Waals surface area contributed by atoms with Crippen LogP contribution in [0.5, 0.6) is 5.75 Å². The summed E-state index contributed by atoms with van der Waals surface area (Å²) in [5.41, 5.74) is 1.10. The highest BCUT2D eigenvalue weighted by Gasteiger charge is 2.10. The maximum absolute atomic E-state index is 12.3. The fraction of sp³-hybridized carbons (Fsp3) is 0.130. The van der Waals surface area contributed by atoms with Gasteiger partial charge in [-0.15, -0.1) is 0 Å². The number of carbonyl (C=O) groups is 1. The molecule has 8 nitrogen and oxygen atoms in total. The molecule has 156 valence electrons. The maximum atomic E-state index is 12.3. The van der Waals surface area contributed by atoms with Gasteiger partial charge >= 0.3 is 0 Å². The molecule has 0 fully saturated rings. The van der Waals surface area contributed by atoms with Crippen LogP contribution in [0.1, 0.15) is 12.0 Å². The van der Waals surface area contributed by atoms with Crippen LogP contribution in [0.4, 0.5) is 11.5 Å². The molecule has 0 aliphatic carbocycles. The third-order valence-corrected chi connectivity index (χ3v) is 4.83. The van der Waals surface area contributed by atoms with Crippen molar-refractivity contribution in [2.24, 2.45) is 0 Å². The van der Waals surface area contributed by atoms with Gasteiger partial charge in [0.15, 0.2) is 0 Å². The number of benzene rings is 3. The standard InChI is InChI=1S/C23H20N4O4/c28-23(13-15-31-20-10-8-19(9-11-20)27(29)30)25-22-12-14-24-26(22)16-18-6-3-5-17-4-1-2-7-21(17)18/h1-12,14H,13,15-16H2,(H,25,28). The number of nitrogens with zero attached hydrogens (tertiary/aromatic N) is 3. The molecule has 0 saturated heterocycles. The highest BCUT2D eigenvalue weighted by Crippen LogP contribution is 2.21. The lowest BCUT2D eigenvalue weighted by Crippen LogP contribution is -2.18. The van der Waals surface area contributed by atoms with E-state index in [9.17, 15) is 14.9 Å². The summed E-state index contributed by atoms with van der Waals surface area (Å²) in [6.07, 6.45) is 1.78. The second-order valence-electron chi connectivity index (χ2n) is 6.91. The van der Waals surface area contributed by atoms with Gasteiger partial charge < -0.3 is 10.1 Å². The Balaban J connectivity index is 1.34. The Hall–Kier alpha value is -4.20. The summed E-state index contributed by atoms with van der Waals surface area (Å²) >= 11 is 0. The Morgan fingerprint density at radius 3 is 2.61 bits per heavy atom. The molecule has 0 atom stereocenters. The number of non-ortho nitro benzene ring substituents is 1. The molecule has 0 aliphatic heterocycles. The van der Waals surface area contributed by atoms with Gasteiger partial charge in [-0.3, -0.25) is 14.9 Å². The molecule has 1 aromatic heterocycles. The number of carbonyl (C=O) groups excluding carboxylic acids is 1. The number of hydrogen-bond donors (Lipinski definition) is 1. The molecule has 4 rings (SSSR count). The van der Waals surface area contributed by atoms with Crippen LogP contribution < -0.4 is 10.1 Å². The van der Waals surface area contributed by atoms with Crippen LogP contribution in [0.2, 0.25) is 0 Å². The van der Waals surface area contributed by atoms with Crippen LogP contribution in [0.15, 0.2) is 79.0 Å². The number of aromatic nitrogens is 2. The SMILES string of the molecule is O=C(CCOc1ccc([N+](=O)[O-])cc1)Nc1ccnn1Cc1cccc2ccccc12. The number of ether oxygens (including phenoxy) is 1. The van der Waals surface area contributed by atoms with E-state index in [1.165, 1.54) is 24.3 Å². The third-order valence-electron chi connectivity index (χ3n) is 4.83. The summed E-state index contributed by atoms with van der Waals surface area (Å²) < 4.78 is 7.25. The van der Waals surface area contributed by atoms with Gasteiger partial charge in [-0.25, -0.2) is 4.68 Å². The van der Waals surface area contributed by atoms with E-state index in [0.717, 1.165) is 16.3 Å². The van der Waals surface area contributed by atoms with Gasteiger partial charge in [-0.05, 0) is 28.5 Å². The molecule has 4 aromatic rings. The summed E-state index contributed by atoms with van der Waals surface area (Å²) in [7, 11) is 0. The van der Waals surface area contributed by atoms with E-state index in [1.807, 2.05) is 24.3 Å². The van der Waals surface area contributed by atoms with E-state index in [4.69, 9.17) is 4.74 Å². The monoisotopic (exact) mass is 416 g/mol. The van der Waals surface area contributed by atoms with Gasteiger partial charge in [0.05, 0.1) is 30.7 Å². The topological polar surface area (TPSA) is 99.3 Å². The quantitative estimate of drug-likeness (QED) is 0.339. The normalized spacial score (nSPS) is 10.7. The molecule has 0 radical (unpaired) electrons. The van der Waals surface area contributed by atoms with Crippen molar-refractivity contribution >= 4 is 28.2 Å². The number of amides is 1. The molecule has 0 aliphatic rings. The number of anilines is 1. The van der Waals surface area contributed by atoms with Crippen molar-refractivity contribution in [2.45, 2.75) is 13.0 Å². The Bertz CT molecular complexity index is 1210. The van der Waals surface area contributed by atoms with Crippen LogP contribution in [0.25, 0.3) is 10.8 Å². The van der Waals surface area contributed by atoms with Gasteiger partial charge in [-0.2, -0.15) is 5.10 Å². The number of nitro groups is 1. The maximum Gasteiger partial charge on any atom is 0.269 e. The lowest BCUT2D eigenvalue weighted by Gasteiger charge is -2.11. The minimum absolute atomic E-state index is 0.00968. The molecule has 1 N–H and O–H groups in total. The lowest BCUT2D eigenvalue weighted by molar-refractivity contribution is -0.384. The molecule has 1 heterocycles. The number of hydrogen-bond acceptors (Lipinski definition) is 5. The summed E-state index contributed by atoms with van der Waals surface area (Å²) in [5.74, 6) is 0.870. The van der Waals surface area contributed by atoms with Crippen LogP contribution in [-0.2, 0) is 11.3 Å². The molecular weight excluding hydrogens is 396 g/mol. The zero-order chi connectivity index (χ0) is 21.6. The highest BCUT2D eigenvalue weighted by molar-refractivity contribution is 5.90. The van der Waals surface area contributed by atoms with Crippen LogP contribution in [0.3, 0.4) is 0 Å². The molecule has 1 amide bonds. The third kappa shape index (κ3) is 4.87. The highest BCUT2D eigenvalue weighted by atomic mass is 16.6. The second-order valence-corrected chi connectivity index (χ2v) is 6.91. The summed E-state index contributed by atoms with van der Waals surface area (Å²) in [5, 5.41) is 20.2. The minimum atomic E-state index is -0.474. The number of nitro benzene ring substituents is 1. The minimum Gasteiger partial charge on any atom is -0.493 e. The number of rotatable bonds is 8. The van der Waals surface area contributed by atoms with E-state index in [2.05, 4.69) is 28.6 Å². The first kappa shape index (κ1) is 20.1. The molecule has 0 spiro atoms. The number of fused-ring (bicyclic) bond motifs is 1. The van der Waals surface area contributed by atoms with Crippen molar-refractivity contribution in [1.82, 2.24) is 9.78 Å². The van der Waals surface area contributed by atoms with Crippen molar-refractivity contribution in [2.75, 3.05) is 11.9 Å². The van der Waals surface area contributed by atoms with Crippen molar-refractivity contribution < 1.29 is 14.5 Å². The van der Waals surface area contributed by atoms with Gasteiger partial charge in [0.2, 0.25) is 5.91 Å². The van der Waals surface area contributed by atoms with E-state index in [1.54, 1.807) is 16.9 Å². The van der Waals surface area contributed by atoms with E-state index in [-0.39, 0.29) is 24.6 Å². The van der Waals surface area contributed by atoms with Gasteiger partial charge in [0.25, 0.3) is 5.69 Å². The molecular formula is C23H20N4O4.